The molecule has 0 radical (unpaired) electrons. The molecule has 0 unspecified atom stereocenters. The van der Waals surface area contributed by atoms with Gasteiger partial charge in [0.2, 0.25) is 5.91 Å². The van der Waals surface area contributed by atoms with Crippen LogP contribution in [-0.2, 0) is 17.4 Å². The van der Waals surface area contributed by atoms with Gasteiger partial charge in [0.1, 0.15) is 0 Å². The van der Waals surface area contributed by atoms with Crippen molar-refractivity contribution in [1.29, 1.82) is 0 Å². The van der Waals surface area contributed by atoms with Crippen LogP contribution in [-0.4, -0.2) is 13.0 Å². The van der Waals surface area contributed by atoms with Gasteiger partial charge in [0.05, 0.1) is 11.5 Å². The zero-order valence-electron chi connectivity index (χ0n) is 12.2. The Bertz CT molecular complexity index is 755. The number of anilines is 1. The van der Waals surface area contributed by atoms with Crippen LogP contribution in [0.5, 0.6) is 0 Å². The molecule has 2 nitrogen and oxygen atoms in total. The third-order valence-electron chi connectivity index (χ3n) is 4.08. The molecule has 2 aromatic rings. The highest BCUT2D eigenvalue weighted by Crippen LogP contribution is 2.40. The van der Waals surface area contributed by atoms with E-state index in [0.717, 1.165) is 27.9 Å². The number of carbonyl (C=O) groups is 1. The molecule has 1 amide bonds. The second-order valence-electron chi connectivity index (χ2n) is 5.55. The third kappa shape index (κ3) is 3.00. The van der Waals surface area contributed by atoms with Crippen molar-refractivity contribution in [3.63, 3.8) is 0 Å². The van der Waals surface area contributed by atoms with Crippen molar-refractivity contribution in [1.82, 2.24) is 0 Å². The van der Waals surface area contributed by atoms with E-state index in [4.69, 9.17) is 0 Å². The molecule has 1 aliphatic heterocycles. The Hall–Kier alpha value is -1.82. The number of likely N-dealkylation sites (N-methyl/N-ethyl adjacent to an activating group) is 1. The number of hydrogen-bond acceptors (Lipinski definition) is 1. The van der Waals surface area contributed by atoms with Crippen molar-refractivity contribution >= 4 is 27.5 Å². The first-order valence-corrected chi connectivity index (χ1v) is 7.80. The van der Waals surface area contributed by atoms with Gasteiger partial charge in [-0.05, 0) is 47.9 Å². The van der Waals surface area contributed by atoms with E-state index in [-0.39, 0.29) is 11.8 Å². The van der Waals surface area contributed by atoms with Crippen molar-refractivity contribution in [2.24, 2.45) is 0 Å². The average molecular weight is 384 g/mol. The summed E-state index contributed by atoms with van der Waals surface area (Å²) in [5.74, 6) is -0.415. The molecule has 0 spiro atoms. The van der Waals surface area contributed by atoms with Gasteiger partial charge < -0.3 is 4.90 Å². The molecule has 0 N–H and O–H groups in total. The zero-order chi connectivity index (χ0) is 16.8. The van der Waals surface area contributed by atoms with Gasteiger partial charge in [0, 0.05) is 17.2 Å². The number of amides is 1. The highest BCUT2D eigenvalue weighted by atomic mass is 79.9. The summed E-state index contributed by atoms with van der Waals surface area (Å²) in [6.07, 6.45) is -3.97. The lowest BCUT2D eigenvalue weighted by Gasteiger charge is -2.12. The topological polar surface area (TPSA) is 20.3 Å². The maximum atomic E-state index is 12.6. The van der Waals surface area contributed by atoms with E-state index in [0.29, 0.717) is 12.0 Å². The van der Waals surface area contributed by atoms with E-state index in [1.807, 2.05) is 18.2 Å². The van der Waals surface area contributed by atoms with Crippen LogP contribution in [0, 0.1) is 0 Å². The van der Waals surface area contributed by atoms with E-state index in [9.17, 15) is 18.0 Å². The average Bonchev–Trinajstić information content (AvgIpc) is 2.72. The Morgan fingerprint density at radius 3 is 2.39 bits per heavy atom. The second kappa shape index (κ2) is 5.67. The van der Waals surface area contributed by atoms with Gasteiger partial charge in [0.25, 0.3) is 0 Å². The fraction of sp³-hybridized carbons (Fsp3) is 0.235. The Labute approximate surface area is 140 Å². The summed E-state index contributed by atoms with van der Waals surface area (Å²) in [4.78, 5) is 14.0. The number of rotatable bonds is 2. The molecule has 1 heterocycles. The number of fused-ring (bicyclic) bond motifs is 1. The monoisotopic (exact) mass is 383 g/mol. The van der Waals surface area contributed by atoms with E-state index < -0.39 is 11.7 Å². The molecule has 6 heteroatoms. The van der Waals surface area contributed by atoms with Gasteiger partial charge in [-0.15, -0.1) is 0 Å². The molecular weight excluding hydrogens is 371 g/mol. The van der Waals surface area contributed by atoms with Crippen LogP contribution in [0.4, 0.5) is 18.9 Å². The van der Waals surface area contributed by atoms with Crippen LogP contribution >= 0.6 is 15.9 Å². The molecule has 0 saturated heterocycles. The smallest absolute Gasteiger partial charge is 0.315 e. The maximum absolute atomic E-state index is 12.6. The first-order chi connectivity index (χ1) is 10.8. The summed E-state index contributed by atoms with van der Waals surface area (Å²) in [6.45, 7) is 0. The largest absolute Gasteiger partial charge is 0.416 e. The lowest BCUT2D eigenvalue weighted by Crippen LogP contribution is -2.24. The lowest BCUT2D eigenvalue weighted by atomic mass is 9.93. The predicted octanol–water partition coefficient (Wildman–Crippen LogP) is 4.77. The van der Waals surface area contributed by atoms with Crippen LogP contribution in [0.15, 0.2) is 46.9 Å². The summed E-state index contributed by atoms with van der Waals surface area (Å²) >= 11 is 3.39. The number of nitrogens with zero attached hydrogens (tertiary/aromatic N) is 1. The Balaban J connectivity index is 1.89. The van der Waals surface area contributed by atoms with Gasteiger partial charge in [-0.25, -0.2) is 0 Å². The van der Waals surface area contributed by atoms with Crippen LogP contribution < -0.4 is 4.90 Å². The summed E-state index contributed by atoms with van der Waals surface area (Å²) in [6, 6.07) is 10.6. The minimum atomic E-state index is -4.35. The standard InChI is InChI=1S/C17H13BrF3NO/c1-22-15-7-6-12(18)9-13(15)14(16(22)23)8-10-2-4-11(5-3-10)17(19,20)21/h2-7,9,14H,8H2,1H3/t14-/m0/s1. The molecule has 2 aromatic carbocycles. The van der Waals surface area contributed by atoms with Crippen molar-refractivity contribution in [3.05, 3.63) is 63.6 Å². The molecule has 1 aliphatic rings. The fourth-order valence-electron chi connectivity index (χ4n) is 2.86. The molecule has 0 aromatic heterocycles. The Morgan fingerprint density at radius 2 is 1.78 bits per heavy atom. The molecule has 0 fully saturated rings. The first-order valence-electron chi connectivity index (χ1n) is 7.00. The van der Waals surface area contributed by atoms with Crippen molar-refractivity contribution in [2.75, 3.05) is 11.9 Å². The summed E-state index contributed by atoms with van der Waals surface area (Å²) in [7, 11) is 1.71. The maximum Gasteiger partial charge on any atom is 0.416 e. The van der Waals surface area contributed by atoms with Crippen LogP contribution in [0.25, 0.3) is 0 Å². The van der Waals surface area contributed by atoms with Crippen LogP contribution in [0.2, 0.25) is 0 Å². The Kier molecular flexibility index (Phi) is 3.96. The quantitative estimate of drug-likeness (QED) is 0.731. The van der Waals surface area contributed by atoms with Gasteiger partial charge >= 0.3 is 6.18 Å². The Morgan fingerprint density at radius 1 is 1.13 bits per heavy atom. The van der Waals surface area contributed by atoms with Crippen molar-refractivity contribution in [3.8, 4) is 0 Å². The predicted molar refractivity (Wildman–Crippen MR) is 85.4 cm³/mol. The first kappa shape index (κ1) is 16.1. The highest BCUT2D eigenvalue weighted by molar-refractivity contribution is 9.10. The normalized spacial score (nSPS) is 17.5. The molecule has 120 valence electrons. The summed E-state index contributed by atoms with van der Waals surface area (Å²) < 4.78 is 38.7. The van der Waals surface area contributed by atoms with Gasteiger partial charge in [0.15, 0.2) is 0 Å². The molecular formula is C17H13BrF3NO. The highest BCUT2D eigenvalue weighted by Gasteiger charge is 2.35. The molecule has 1 atom stereocenters. The van der Waals surface area contributed by atoms with Crippen LogP contribution in [0.3, 0.4) is 0 Å². The summed E-state index contributed by atoms with van der Waals surface area (Å²) in [5, 5.41) is 0. The fourth-order valence-corrected chi connectivity index (χ4v) is 3.24. The summed E-state index contributed by atoms with van der Waals surface area (Å²) in [5.41, 5.74) is 1.76. The van der Waals surface area contributed by atoms with Gasteiger partial charge in [-0.2, -0.15) is 13.2 Å². The molecule has 0 saturated carbocycles. The van der Waals surface area contributed by atoms with E-state index in [1.165, 1.54) is 12.1 Å². The number of halogens is 4. The number of benzene rings is 2. The van der Waals surface area contributed by atoms with E-state index in [2.05, 4.69) is 15.9 Å². The molecule has 3 rings (SSSR count). The third-order valence-corrected chi connectivity index (χ3v) is 4.57. The van der Waals surface area contributed by atoms with Crippen molar-refractivity contribution in [2.45, 2.75) is 18.5 Å². The molecule has 0 bridgehead atoms. The lowest BCUT2D eigenvalue weighted by molar-refractivity contribution is -0.137. The minimum absolute atomic E-state index is 0.0435. The number of alkyl halides is 3. The van der Waals surface area contributed by atoms with E-state index >= 15 is 0 Å². The van der Waals surface area contributed by atoms with Gasteiger partial charge in [-0.3, -0.25) is 4.79 Å². The minimum Gasteiger partial charge on any atom is -0.315 e. The molecule has 0 aliphatic carbocycles. The van der Waals surface area contributed by atoms with Crippen molar-refractivity contribution < 1.29 is 18.0 Å². The second-order valence-corrected chi connectivity index (χ2v) is 6.47. The number of hydrogen-bond donors (Lipinski definition) is 0. The molecule has 23 heavy (non-hydrogen) atoms. The van der Waals surface area contributed by atoms with Gasteiger partial charge in [-0.1, -0.05) is 28.1 Å². The van der Waals surface area contributed by atoms with Crippen LogP contribution in [0.1, 0.15) is 22.6 Å². The van der Waals surface area contributed by atoms with E-state index in [1.54, 1.807) is 11.9 Å². The zero-order valence-corrected chi connectivity index (χ0v) is 13.8. The number of carbonyl (C=O) groups excluding carboxylic acids is 1. The SMILES string of the molecule is CN1C(=O)[C@@H](Cc2ccc(C(F)(F)F)cc2)c2cc(Br)ccc21.